The van der Waals surface area contributed by atoms with Gasteiger partial charge in [-0.05, 0) is 6.42 Å². The lowest BCUT2D eigenvalue weighted by Crippen LogP contribution is -2.12. The lowest BCUT2D eigenvalue weighted by molar-refractivity contribution is 0.913. The fourth-order valence-electron chi connectivity index (χ4n) is 2.06. The van der Waals surface area contributed by atoms with Gasteiger partial charge in [-0.1, -0.05) is 37.3 Å². The zero-order valence-corrected chi connectivity index (χ0v) is 10.7. The summed E-state index contributed by atoms with van der Waals surface area (Å²) in [6, 6.07) is 13.9. The van der Waals surface area contributed by atoms with Crippen LogP contribution in [0.5, 0.6) is 0 Å². The molecule has 2 aromatic heterocycles. The summed E-state index contributed by atoms with van der Waals surface area (Å²) >= 11 is 0. The Hall–Kier alpha value is -2.40. The normalized spacial score (nSPS) is 10.8. The van der Waals surface area contributed by atoms with Crippen molar-refractivity contribution in [3.8, 4) is 11.3 Å². The second-order valence-electron chi connectivity index (χ2n) is 4.30. The molecule has 0 radical (unpaired) electrons. The van der Waals surface area contributed by atoms with Crippen molar-refractivity contribution < 1.29 is 0 Å². The van der Waals surface area contributed by atoms with Gasteiger partial charge in [-0.15, -0.1) is 0 Å². The van der Waals surface area contributed by atoms with Crippen LogP contribution in [0, 0.1) is 0 Å². The lowest BCUT2D eigenvalue weighted by atomic mass is 10.2. The molecule has 3 rings (SSSR count). The van der Waals surface area contributed by atoms with E-state index in [1.54, 1.807) is 4.52 Å². The molecule has 0 aliphatic heterocycles. The van der Waals surface area contributed by atoms with Gasteiger partial charge < -0.3 is 5.43 Å². The first-order valence-corrected chi connectivity index (χ1v) is 6.23. The number of hydrogen-bond acceptors (Lipinski definition) is 4. The Kier molecular flexibility index (Phi) is 2.89. The Labute approximate surface area is 111 Å². The predicted molar refractivity (Wildman–Crippen MR) is 75.6 cm³/mol. The maximum Gasteiger partial charge on any atom is 0.158 e. The van der Waals surface area contributed by atoms with Crippen LogP contribution in [0.3, 0.4) is 0 Å². The lowest BCUT2D eigenvalue weighted by Gasteiger charge is -2.05. The van der Waals surface area contributed by atoms with Gasteiger partial charge in [-0.25, -0.2) is 10.8 Å². The Balaban J connectivity index is 2.20. The zero-order valence-electron chi connectivity index (χ0n) is 10.7. The SMILES string of the molecule is CCc1cc(NN)n2nc(-c3ccccc3)cc2n1. The van der Waals surface area contributed by atoms with Gasteiger partial charge in [0, 0.05) is 23.4 Å². The number of anilines is 1. The number of hydrazine groups is 1. The van der Waals surface area contributed by atoms with Crippen LogP contribution in [-0.2, 0) is 6.42 Å². The highest BCUT2D eigenvalue weighted by Crippen LogP contribution is 2.21. The van der Waals surface area contributed by atoms with Crippen molar-refractivity contribution >= 4 is 11.5 Å². The van der Waals surface area contributed by atoms with E-state index in [-0.39, 0.29) is 0 Å². The van der Waals surface area contributed by atoms with E-state index in [1.165, 1.54) is 0 Å². The van der Waals surface area contributed by atoms with Crippen molar-refractivity contribution in [2.24, 2.45) is 5.84 Å². The maximum absolute atomic E-state index is 5.55. The minimum absolute atomic E-state index is 0.740. The number of rotatable bonds is 3. The summed E-state index contributed by atoms with van der Waals surface area (Å²) in [5, 5.41) is 4.54. The van der Waals surface area contributed by atoms with Crippen molar-refractivity contribution in [1.29, 1.82) is 0 Å². The topological polar surface area (TPSA) is 68.2 Å². The molecule has 5 heteroatoms. The highest BCUT2D eigenvalue weighted by atomic mass is 15.4. The smallest absolute Gasteiger partial charge is 0.158 e. The van der Waals surface area contributed by atoms with Crippen molar-refractivity contribution in [2.45, 2.75) is 13.3 Å². The average Bonchev–Trinajstić information content (AvgIpc) is 2.91. The molecule has 0 amide bonds. The molecule has 0 saturated heterocycles. The minimum Gasteiger partial charge on any atom is -0.308 e. The molecule has 5 nitrogen and oxygen atoms in total. The molecule has 0 spiro atoms. The van der Waals surface area contributed by atoms with E-state index in [1.807, 2.05) is 42.5 Å². The number of nitrogens with one attached hydrogen (secondary N) is 1. The number of aromatic nitrogens is 3. The molecule has 96 valence electrons. The number of hydrogen-bond donors (Lipinski definition) is 2. The van der Waals surface area contributed by atoms with Crippen LogP contribution in [0.2, 0.25) is 0 Å². The highest BCUT2D eigenvalue weighted by Gasteiger charge is 2.09. The molecule has 0 aliphatic carbocycles. The third-order valence-electron chi connectivity index (χ3n) is 3.06. The Morgan fingerprint density at radius 2 is 2.00 bits per heavy atom. The van der Waals surface area contributed by atoms with Crippen LogP contribution in [0.1, 0.15) is 12.6 Å². The number of aryl methyl sites for hydroxylation is 1. The van der Waals surface area contributed by atoms with Gasteiger partial charge in [0.05, 0.1) is 5.69 Å². The molecular weight excluding hydrogens is 238 g/mol. The van der Waals surface area contributed by atoms with E-state index in [4.69, 9.17) is 5.84 Å². The first-order chi connectivity index (χ1) is 9.31. The van der Waals surface area contributed by atoms with Crippen molar-refractivity contribution in [3.05, 3.63) is 48.2 Å². The van der Waals surface area contributed by atoms with Gasteiger partial charge in [-0.2, -0.15) is 9.61 Å². The van der Waals surface area contributed by atoms with Gasteiger partial charge in [-0.3, -0.25) is 0 Å². The molecule has 0 fully saturated rings. The third-order valence-corrected chi connectivity index (χ3v) is 3.06. The third kappa shape index (κ3) is 2.04. The molecule has 0 aliphatic rings. The number of fused-ring (bicyclic) bond motifs is 1. The summed E-state index contributed by atoms with van der Waals surface area (Å²) in [5.41, 5.74) is 6.40. The number of nitrogen functional groups attached to an aromatic ring is 1. The van der Waals surface area contributed by atoms with Crippen LogP contribution in [0.25, 0.3) is 16.9 Å². The van der Waals surface area contributed by atoms with Crippen molar-refractivity contribution in [2.75, 3.05) is 5.43 Å². The molecule has 0 unspecified atom stereocenters. The number of benzene rings is 1. The summed E-state index contributed by atoms with van der Waals surface area (Å²) in [6.07, 6.45) is 0.858. The van der Waals surface area contributed by atoms with Gasteiger partial charge in [0.25, 0.3) is 0 Å². The van der Waals surface area contributed by atoms with Crippen LogP contribution in [0.15, 0.2) is 42.5 Å². The molecule has 2 heterocycles. The van der Waals surface area contributed by atoms with E-state index in [2.05, 4.69) is 22.4 Å². The average molecular weight is 253 g/mol. The van der Waals surface area contributed by atoms with Crippen molar-refractivity contribution in [1.82, 2.24) is 14.6 Å². The standard InChI is InChI=1S/C14H15N5/c1-2-11-8-14(17-15)19-13(16-11)9-12(18-19)10-6-4-3-5-7-10/h3-9,17H,2,15H2,1H3. The number of nitrogens with zero attached hydrogens (tertiary/aromatic N) is 3. The number of nitrogens with two attached hydrogens (primary N) is 1. The quantitative estimate of drug-likeness (QED) is 0.555. The molecular formula is C14H15N5. The second-order valence-corrected chi connectivity index (χ2v) is 4.30. The predicted octanol–water partition coefficient (Wildman–Crippen LogP) is 2.24. The molecule has 0 saturated carbocycles. The van der Waals surface area contributed by atoms with Crippen LogP contribution in [-0.4, -0.2) is 14.6 Å². The summed E-state index contributed by atoms with van der Waals surface area (Å²) in [5.74, 6) is 6.29. The van der Waals surface area contributed by atoms with E-state index < -0.39 is 0 Å². The second kappa shape index (κ2) is 4.70. The molecule has 1 aromatic carbocycles. The van der Waals surface area contributed by atoms with E-state index in [0.717, 1.165) is 34.8 Å². The Morgan fingerprint density at radius 3 is 2.68 bits per heavy atom. The fraction of sp³-hybridized carbons (Fsp3) is 0.143. The van der Waals surface area contributed by atoms with Crippen LogP contribution < -0.4 is 11.3 Å². The maximum atomic E-state index is 5.55. The van der Waals surface area contributed by atoms with Crippen LogP contribution >= 0.6 is 0 Å². The largest absolute Gasteiger partial charge is 0.308 e. The first-order valence-electron chi connectivity index (χ1n) is 6.23. The van der Waals surface area contributed by atoms with Gasteiger partial charge >= 0.3 is 0 Å². The van der Waals surface area contributed by atoms with Gasteiger partial charge in [0.1, 0.15) is 5.82 Å². The molecule has 3 aromatic rings. The molecule has 3 N–H and O–H groups in total. The van der Waals surface area contributed by atoms with Gasteiger partial charge in [0.15, 0.2) is 5.65 Å². The van der Waals surface area contributed by atoms with E-state index in [0.29, 0.717) is 0 Å². The first kappa shape index (κ1) is 11.7. The van der Waals surface area contributed by atoms with Gasteiger partial charge in [0.2, 0.25) is 0 Å². The monoisotopic (exact) mass is 253 g/mol. The molecule has 0 atom stereocenters. The summed E-state index contributed by atoms with van der Waals surface area (Å²) < 4.78 is 1.72. The van der Waals surface area contributed by atoms with E-state index >= 15 is 0 Å². The minimum atomic E-state index is 0.740. The van der Waals surface area contributed by atoms with E-state index in [9.17, 15) is 0 Å². The zero-order chi connectivity index (χ0) is 13.2. The summed E-state index contributed by atoms with van der Waals surface area (Å²) in [4.78, 5) is 4.55. The van der Waals surface area contributed by atoms with Crippen LogP contribution in [0.4, 0.5) is 5.82 Å². The molecule has 0 bridgehead atoms. The molecule has 19 heavy (non-hydrogen) atoms. The summed E-state index contributed by atoms with van der Waals surface area (Å²) in [6.45, 7) is 2.06. The van der Waals surface area contributed by atoms with Crippen molar-refractivity contribution in [3.63, 3.8) is 0 Å². The Morgan fingerprint density at radius 1 is 1.21 bits per heavy atom. The Bertz CT molecular complexity index is 702. The highest BCUT2D eigenvalue weighted by molar-refractivity contribution is 5.65. The fourth-order valence-corrected chi connectivity index (χ4v) is 2.06. The summed E-state index contributed by atoms with van der Waals surface area (Å²) in [7, 11) is 0.